The Hall–Kier alpha value is -1.67. The maximum absolute atomic E-state index is 11.1. The summed E-state index contributed by atoms with van der Waals surface area (Å²) in [5.74, 6) is 0.411. The number of nitrogens with one attached hydrogen (secondary N) is 1. The van der Waals surface area contributed by atoms with Crippen LogP contribution in [0.2, 0.25) is 0 Å². The molecule has 7 nitrogen and oxygen atoms in total. The number of rotatable bonds is 7. The molecule has 0 spiro atoms. The van der Waals surface area contributed by atoms with Crippen LogP contribution in [0, 0.1) is 5.92 Å². The molecule has 0 bridgehead atoms. The molecule has 2 heterocycles. The molecule has 1 atom stereocenters. The van der Waals surface area contributed by atoms with Crippen molar-refractivity contribution in [2.75, 3.05) is 0 Å². The van der Waals surface area contributed by atoms with Crippen LogP contribution in [-0.2, 0) is 11.3 Å². The number of furan rings is 1. The van der Waals surface area contributed by atoms with Crippen molar-refractivity contribution in [3.63, 3.8) is 0 Å². The summed E-state index contributed by atoms with van der Waals surface area (Å²) in [7, 11) is 0. The second-order valence-corrected chi connectivity index (χ2v) is 5.79. The maximum Gasteiger partial charge on any atom is 0.320 e. The predicted molar refractivity (Wildman–Crippen MR) is 77.4 cm³/mol. The lowest BCUT2D eigenvalue weighted by atomic mass is 10.0. The fraction of sp³-hybridized carbons (Fsp3) is 0.462. The Kier molecular flexibility index (Phi) is 5.13. The van der Waals surface area contributed by atoms with Crippen molar-refractivity contribution < 1.29 is 18.7 Å². The molecule has 2 rings (SSSR count). The van der Waals surface area contributed by atoms with Gasteiger partial charge in [-0.3, -0.25) is 10.1 Å². The van der Waals surface area contributed by atoms with Gasteiger partial charge < -0.3 is 13.9 Å². The zero-order valence-corrected chi connectivity index (χ0v) is 13.3. The maximum atomic E-state index is 11.1. The van der Waals surface area contributed by atoms with Crippen molar-refractivity contribution in [2.45, 2.75) is 32.9 Å². The second-order valence-electron chi connectivity index (χ2n) is 5.01. The van der Waals surface area contributed by atoms with Crippen LogP contribution >= 0.6 is 15.9 Å². The van der Waals surface area contributed by atoms with Crippen molar-refractivity contribution in [2.24, 2.45) is 5.92 Å². The Balaban J connectivity index is 1.97. The van der Waals surface area contributed by atoms with Crippen LogP contribution < -0.4 is 5.32 Å². The van der Waals surface area contributed by atoms with Gasteiger partial charge in [0.2, 0.25) is 5.89 Å². The van der Waals surface area contributed by atoms with E-state index >= 15 is 0 Å². The second kappa shape index (κ2) is 6.86. The van der Waals surface area contributed by atoms with Gasteiger partial charge in [0.25, 0.3) is 5.89 Å². The van der Waals surface area contributed by atoms with Gasteiger partial charge >= 0.3 is 5.97 Å². The monoisotopic (exact) mass is 357 g/mol. The van der Waals surface area contributed by atoms with E-state index in [0.29, 0.717) is 22.7 Å². The number of aromatic nitrogens is 2. The van der Waals surface area contributed by atoms with Crippen LogP contribution in [0.15, 0.2) is 25.6 Å². The highest BCUT2D eigenvalue weighted by Gasteiger charge is 2.19. The third kappa shape index (κ3) is 4.40. The van der Waals surface area contributed by atoms with Gasteiger partial charge in [-0.15, -0.1) is 10.2 Å². The quantitative estimate of drug-likeness (QED) is 0.785. The van der Waals surface area contributed by atoms with Gasteiger partial charge in [-0.1, -0.05) is 13.8 Å². The molecule has 0 aliphatic carbocycles. The molecule has 2 aromatic rings. The molecule has 21 heavy (non-hydrogen) atoms. The highest BCUT2D eigenvalue weighted by atomic mass is 79.9. The first-order valence-electron chi connectivity index (χ1n) is 6.50. The Morgan fingerprint density at radius 2 is 2.14 bits per heavy atom. The lowest BCUT2D eigenvalue weighted by Crippen LogP contribution is -2.37. The first-order chi connectivity index (χ1) is 9.95. The van der Waals surface area contributed by atoms with Crippen LogP contribution in [0.3, 0.4) is 0 Å². The minimum absolute atomic E-state index is 0.193. The van der Waals surface area contributed by atoms with E-state index in [4.69, 9.17) is 13.9 Å². The minimum atomic E-state index is -0.890. The summed E-state index contributed by atoms with van der Waals surface area (Å²) in [5, 5.41) is 19.8. The van der Waals surface area contributed by atoms with E-state index in [-0.39, 0.29) is 18.4 Å². The van der Waals surface area contributed by atoms with Crippen LogP contribution in [-0.4, -0.2) is 27.3 Å². The van der Waals surface area contributed by atoms with Gasteiger partial charge in [-0.25, -0.2) is 0 Å². The molecule has 0 aromatic carbocycles. The molecule has 0 radical (unpaired) electrons. The molecule has 0 saturated carbocycles. The molecule has 0 saturated heterocycles. The number of carboxylic acids is 1. The molecule has 0 aliphatic rings. The van der Waals surface area contributed by atoms with Gasteiger partial charge in [0, 0.05) is 0 Å². The summed E-state index contributed by atoms with van der Waals surface area (Å²) >= 11 is 3.19. The van der Waals surface area contributed by atoms with Crippen molar-refractivity contribution in [1.29, 1.82) is 0 Å². The van der Waals surface area contributed by atoms with Crippen LogP contribution in [0.4, 0.5) is 0 Å². The predicted octanol–water partition coefficient (Wildman–Crippen LogP) is 2.68. The Bertz CT molecular complexity index is 608. The van der Waals surface area contributed by atoms with Crippen LogP contribution in [0.1, 0.15) is 26.2 Å². The van der Waals surface area contributed by atoms with Gasteiger partial charge in [0.05, 0.1) is 6.54 Å². The molecule has 0 fully saturated rings. The lowest BCUT2D eigenvalue weighted by molar-refractivity contribution is -0.140. The van der Waals surface area contributed by atoms with E-state index in [0.717, 1.165) is 0 Å². The first-order valence-corrected chi connectivity index (χ1v) is 7.29. The van der Waals surface area contributed by atoms with Crippen molar-refractivity contribution in [3.05, 3.63) is 22.7 Å². The Morgan fingerprint density at radius 1 is 1.38 bits per heavy atom. The standard InChI is InChI=1S/C13H16BrN3O4/c1-7(2)5-8(13(18)19)15-6-11-16-17-12(21-11)9-3-4-10(14)20-9/h3-4,7-8,15H,5-6H2,1-2H3,(H,18,19). The number of hydrogen-bond donors (Lipinski definition) is 2. The first kappa shape index (κ1) is 15.7. The third-order valence-corrected chi connectivity index (χ3v) is 3.18. The van der Waals surface area contributed by atoms with E-state index in [1.54, 1.807) is 12.1 Å². The number of hydrogen-bond acceptors (Lipinski definition) is 6. The zero-order valence-electron chi connectivity index (χ0n) is 11.7. The molecule has 114 valence electrons. The largest absolute Gasteiger partial charge is 0.480 e. The molecule has 1 unspecified atom stereocenters. The summed E-state index contributed by atoms with van der Waals surface area (Å²) in [4.78, 5) is 11.1. The summed E-state index contributed by atoms with van der Waals surface area (Å²) in [6, 6.07) is 2.78. The SMILES string of the molecule is CC(C)CC(NCc1nnc(-c2ccc(Br)o2)o1)C(=O)O. The topological polar surface area (TPSA) is 101 Å². The molecular formula is C13H16BrN3O4. The van der Waals surface area contributed by atoms with E-state index in [1.807, 2.05) is 13.8 Å². The average Bonchev–Trinajstić information content (AvgIpc) is 3.02. The van der Waals surface area contributed by atoms with E-state index < -0.39 is 12.0 Å². The fourth-order valence-corrected chi connectivity index (χ4v) is 2.11. The zero-order chi connectivity index (χ0) is 15.4. The molecule has 0 aliphatic heterocycles. The van der Waals surface area contributed by atoms with Crippen molar-refractivity contribution in [1.82, 2.24) is 15.5 Å². The molecule has 0 amide bonds. The van der Waals surface area contributed by atoms with Gasteiger partial charge in [-0.05, 0) is 40.4 Å². The lowest BCUT2D eigenvalue weighted by Gasteiger charge is -2.14. The molecule has 2 N–H and O–H groups in total. The number of carbonyl (C=O) groups is 1. The molecule has 8 heteroatoms. The highest BCUT2D eigenvalue weighted by Crippen LogP contribution is 2.23. The van der Waals surface area contributed by atoms with Crippen LogP contribution in [0.25, 0.3) is 11.7 Å². The highest BCUT2D eigenvalue weighted by molar-refractivity contribution is 9.10. The van der Waals surface area contributed by atoms with Crippen molar-refractivity contribution in [3.8, 4) is 11.7 Å². The Morgan fingerprint density at radius 3 is 2.71 bits per heavy atom. The normalized spacial score (nSPS) is 12.8. The average molecular weight is 358 g/mol. The summed E-state index contributed by atoms with van der Waals surface area (Å²) in [5.41, 5.74) is 0. The molecule has 2 aromatic heterocycles. The summed E-state index contributed by atoms with van der Waals surface area (Å²) in [6.45, 7) is 4.13. The van der Waals surface area contributed by atoms with Crippen LogP contribution in [0.5, 0.6) is 0 Å². The minimum Gasteiger partial charge on any atom is -0.480 e. The summed E-state index contributed by atoms with van der Waals surface area (Å²) in [6.07, 6.45) is 0.529. The summed E-state index contributed by atoms with van der Waals surface area (Å²) < 4.78 is 11.3. The molecular weight excluding hydrogens is 342 g/mol. The Labute approximate surface area is 129 Å². The third-order valence-electron chi connectivity index (χ3n) is 2.76. The van der Waals surface area contributed by atoms with Gasteiger partial charge in [-0.2, -0.15) is 0 Å². The van der Waals surface area contributed by atoms with E-state index in [1.165, 1.54) is 0 Å². The number of aliphatic carboxylic acids is 1. The fourth-order valence-electron chi connectivity index (χ4n) is 1.81. The number of nitrogens with zero attached hydrogens (tertiary/aromatic N) is 2. The smallest absolute Gasteiger partial charge is 0.320 e. The number of halogens is 1. The van der Waals surface area contributed by atoms with E-state index in [9.17, 15) is 4.79 Å². The van der Waals surface area contributed by atoms with Gasteiger partial charge in [0.15, 0.2) is 10.4 Å². The van der Waals surface area contributed by atoms with Gasteiger partial charge in [0.1, 0.15) is 6.04 Å². The number of carboxylic acid groups (broad SMARTS) is 1. The van der Waals surface area contributed by atoms with E-state index in [2.05, 4.69) is 31.4 Å². The van der Waals surface area contributed by atoms with Crippen molar-refractivity contribution >= 4 is 21.9 Å².